The second-order valence-corrected chi connectivity index (χ2v) is 3.56. The molecule has 2 rings (SSSR count). The van der Waals surface area contributed by atoms with Crippen LogP contribution in [-0.2, 0) is 0 Å². The van der Waals surface area contributed by atoms with Crippen LogP contribution in [0.15, 0.2) is 41.1 Å². The molecule has 0 N–H and O–H groups in total. The third kappa shape index (κ3) is 2.42. The van der Waals surface area contributed by atoms with Crippen LogP contribution in [0.5, 0.6) is 5.95 Å². The Labute approximate surface area is 95.1 Å². The molecular formula is C13H15NO2. The highest BCUT2D eigenvalue weighted by atomic mass is 16.6. The fourth-order valence-electron chi connectivity index (χ4n) is 1.44. The normalized spacial score (nSPS) is 10.3. The Bertz CT molecular complexity index is 423. The minimum Gasteiger partial charge on any atom is -0.464 e. The maximum atomic E-state index is 5.54. The van der Waals surface area contributed by atoms with Gasteiger partial charge in [-0.05, 0) is 6.42 Å². The number of rotatable bonds is 5. The first-order valence-electron chi connectivity index (χ1n) is 5.53. The molecule has 0 fully saturated rings. The lowest BCUT2D eigenvalue weighted by Gasteiger charge is -2.03. The minimum absolute atomic E-state index is 0.514. The van der Waals surface area contributed by atoms with Gasteiger partial charge in [-0.15, -0.1) is 0 Å². The Morgan fingerprint density at radius 1 is 1.25 bits per heavy atom. The first-order chi connectivity index (χ1) is 7.92. The molecule has 0 spiro atoms. The summed E-state index contributed by atoms with van der Waals surface area (Å²) < 4.78 is 10.8. The Morgan fingerprint density at radius 3 is 2.81 bits per heavy atom. The zero-order valence-corrected chi connectivity index (χ0v) is 9.35. The molecule has 2 aromatic rings. The summed E-state index contributed by atoms with van der Waals surface area (Å²) in [5.74, 6) is 0.514. The van der Waals surface area contributed by atoms with Crippen LogP contribution < -0.4 is 4.74 Å². The van der Waals surface area contributed by atoms with E-state index in [1.165, 1.54) is 6.39 Å². The van der Waals surface area contributed by atoms with Crippen molar-refractivity contribution in [3.8, 4) is 17.2 Å². The molecule has 0 radical (unpaired) electrons. The van der Waals surface area contributed by atoms with Gasteiger partial charge in [-0.3, -0.25) is 0 Å². The molecule has 0 atom stereocenters. The second-order valence-electron chi connectivity index (χ2n) is 3.56. The van der Waals surface area contributed by atoms with Crippen LogP contribution in [0.3, 0.4) is 0 Å². The molecule has 3 nitrogen and oxygen atoms in total. The number of hydrogen-bond donors (Lipinski definition) is 0. The average Bonchev–Trinajstić information content (AvgIpc) is 2.79. The predicted octanol–water partition coefficient (Wildman–Crippen LogP) is 3.52. The highest BCUT2D eigenvalue weighted by Gasteiger charge is 2.11. The molecule has 0 unspecified atom stereocenters. The van der Waals surface area contributed by atoms with E-state index in [1.807, 2.05) is 30.3 Å². The summed E-state index contributed by atoms with van der Waals surface area (Å²) in [6, 6.07) is 9.90. The lowest BCUT2D eigenvalue weighted by molar-refractivity contribution is 0.239. The summed E-state index contributed by atoms with van der Waals surface area (Å²) in [6.45, 7) is 2.80. The largest absolute Gasteiger partial charge is 0.464 e. The number of oxazole rings is 1. The van der Waals surface area contributed by atoms with Gasteiger partial charge in [-0.25, -0.2) is 4.98 Å². The molecule has 0 aliphatic carbocycles. The van der Waals surface area contributed by atoms with Gasteiger partial charge in [-0.2, -0.15) is 0 Å². The van der Waals surface area contributed by atoms with Crippen molar-refractivity contribution < 1.29 is 9.15 Å². The van der Waals surface area contributed by atoms with Crippen LogP contribution in [-0.4, -0.2) is 11.6 Å². The molecule has 1 aromatic carbocycles. The standard InChI is InChI=1S/C13H15NO2/c1-2-3-9-15-13-12(14-10-16-13)11-7-5-4-6-8-11/h4-8,10H,2-3,9H2,1H3. The zero-order chi connectivity index (χ0) is 11.2. The molecule has 84 valence electrons. The number of nitrogens with zero attached hydrogens (tertiary/aromatic N) is 1. The van der Waals surface area contributed by atoms with Gasteiger partial charge in [0.05, 0.1) is 6.61 Å². The highest BCUT2D eigenvalue weighted by Crippen LogP contribution is 2.28. The van der Waals surface area contributed by atoms with E-state index in [1.54, 1.807) is 0 Å². The van der Waals surface area contributed by atoms with Crippen molar-refractivity contribution in [3.63, 3.8) is 0 Å². The van der Waals surface area contributed by atoms with E-state index in [9.17, 15) is 0 Å². The van der Waals surface area contributed by atoms with Crippen LogP contribution in [0.25, 0.3) is 11.3 Å². The summed E-state index contributed by atoms with van der Waals surface area (Å²) >= 11 is 0. The van der Waals surface area contributed by atoms with E-state index in [0.717, 1.165) is 24.1 Å². The van der Waals surface area contributed by atoms with E-state index in [-0.39, 0.29) is 0 Å². The van der Waals surface area contributed by atoms with E-state index in [2.05, 4.69) is 11.9 Å². The van der Waals surface area contributed by atoms with Crippen molar-refractivity contribution in [3.05, 3.63) is 36.7 Å². The van der Waals surface area contributed by atoms with Gasteiger partial charge in [0.15, 0.2) is 12.1 Å². The van der Waals surface area contributed by atoms with Gasteiger partial charge in [0.25, 0.3) is 0 Å². The molecule has 16 heavy (non-hydrogen) atoms. The van der Waals surface area contributed by atoms with Crippen LogP contribution in [0.1, 0.15) is 19.8 Å². The highest BCUT2D eigenvalue weighted by molar-refractivity contribution is 5.63. The van der Waals surface area contributed by atoms with Crippen LogP contribution in [0, 0.1) is 0 Å². The summed E-state index contributed by atoms with van der Waals surface area (Å²) in [7, 11) is 0. The molecule has 1 aromatic heterocycles. The molecule has 0 saturated heterocycles. The Hall–Kier alpha value is -1.77. The summed E-state index contributed by atoms with van der Waals surface area (Å²) in [5.41, 5.74) is 1.79. The SMILES string of the molecule is CCCCOc1ocnc1-c1ccccc1. The fourth-order valence-corrected chi connectivity index (χ4v) is 1.44. The first kappa shape index (κ1) is 10.7. The van der Waals surface area contributed by atoms with Crippen LogP contribution in [0.4, 0.5) is 0 Å². The van der Waals surface area contributed by atoms with Crippen molar-refractivity contribution in [2.24, 2.45) is 0 Å². The number of hydrogen-bond acceptors (Lipinski definition) is 3. The minimum atomic E-state index is 0.514. The molecular weight excluding hydrogens is 202 g/mol. The smallest absolute Gasteiger partial charge is 0.313 e. The van der Waals surface area contributed by atoms with Gasteiger partial charge >= 0.3 is 5.95 Å². The van der Waals surface area contributed by atoms with Gasteiger partial charge in [0, 0.05) is 5.56 Å². The molecule has 0 bridgehead atoms. The fraction of sp³-hybridized carbons (Fsp3) is 0.308. The lowest BCUT2D eigenvalue weighted by atomic mass is 10.2. The molecule has 0 aliphatic rings. The Kier molecular flexibility index (Phi) is 3.59. The van der Waals surface area contributed by atoms with Crippen molar-refractivity contribution in [2.45, 2.75) is 19.8 Å². The Morgan fingerprint density at radius 2 is 2.06 bits per heavy atom. The lowest BCUT2D eigenvalue weighted by Crippen LogP contribution is -1.96. The number of unbranched alkanes of at least 4 members (excludes halogenated alkanes) is 1. The third-order valence-corrected chi connectivity index (χ3v) is 2.31. The van der Waals surface area contributed by atoms with E-state index < -0.39 is 0 Å². The van der Waals surface area contributed by atoms with Crippen LogP contribution in [0.2, 0.25) is 0 Å². The molecule has 1 heterocycles. The summed E-state index contributed by atoms with van der Waals surface area (Å²) in [4.78, 5) is 4.17. The van der Waals surface area contributed by atoms with Gasteiger partial charge in [0.2, 0.25) is 0 Å². The average molecular weight is 217 g/mol. The predicted molar refractivity (Wildman–Crippen MR) is 62.3 cm³/mol. The number of ether oxygens (including phenoxy) is 1. The maximum Gasteiger partial charge on any atom is 0.313 e. The molecule has 0 amide bonds. The maximum absolute atomic E-state index is 5.54. The molecule has 3 heteroatoms. The van der Waals surface area contributed by atoms with Crippen LogP contribution >= 0.6 is 0 Å². The van der Waals surface area contributed by atoms with E-state index >= 15 is 0 Å². The quantitative estimate of drug-likeness (QED) is 0.719. The number of aromatic nitrogens is 1. The van der Waals surface area contributed by atoms with Gasteiger partial charge in [0.1, 0.15) is 0 Å². The monoisotopic (exact) mass is 217 g/mol. The molecule has 0 aliphatic heterocycles. The van der Waals surface area contributed by atoms with Crippen molar-refractivity contribution in [1.29, 1.82) is 0 Å². The van der Waals surface area contributed by atoms with Gasteiger partial charge in [-0.1, -0.05) is 43.7 Å². The zero-order valence-electron chi connectivity index (χ0n) is 9.35. The second kappa shape index (κ2) is 5.35. The summed E-state index contributed by atoms with van der Waals surface area (Å²) in [5, 5.41) is 0. The van der Waals surface area contributed by atoms with E-state index in [4.69, 9.17) is 9.15 Å². The first-order valence-corrected chi connectivity index (χ1v) is 5.53. The molecule has 0 saturated carbocycles. The van der Waals surface area contributed by atoms with E-state index in [0.29, 0.717) is 12.6 Å². The summed E-state index contributed by atoms with van der Waals surface area (Å²) in [6.07, 6.45) is 3.55. The number of benzene rings is 1. The van der Waals surface area contributed by atoms with Gasteiger partial charge < -0.3 is 9.15 Å². The van der Waals surface area contributed by atoms with Crippen molar-refractivity contribution in [2.75, 3.05) is 6.61 Å². The Balaban J connectivity index is 2.13. The topological polar surface area (TPSA) is 35.3 Å². The third-order valence-electron chi connectivity index (χ3n) is 2.31. The van der Waals surface area contributed by atoms with Crippen molar-refractivity contribution in [1.82, 2.24) is 4.98 Å². The van der Waals surface area contributed by atoms with Crippen molar-refractivity contribution >= 4 is 0 Å².